The van der Waals surface area contributed by atoms with Gasteiger partial charge in [-0.25, -0.2) is 19.5 Å². The van der Waals surface area contributed by atoms with Crippen molar-refractivity contribution in [2.24, 2.45) is 5.92 Å². The Bertz CT molecular complexity index is 1620. The lowest BCUT2D eigenvalue weighted by Crippen LogP contribution is -2.48. The van der Waals surface area contributed by atoms with Crippen LogP contribution in [0.4, 0.5) is 5.82 Å². The van der Waals surface area contributed by atoms with Gasteiger partial charge in [-0.15, -0.1) is 6.42 Å². The van der Waals surface area contributed by atoms with Crippen LogP contribution in [0.2, 0.25) is 0 Å². The lowest BCUT2D eigenvalue weighted by Gasteiger charge is -2.40. The highest BCUT2D eigenvalue weighted by atomic mass is 16.5. The number of hydrogen-bond donors (Lipinski definition) is 0. The van der Waals surface area contributed by atoms with Gasteiger partial charge in [0.05, 0.1) is 29.7 Å². The number of terminal acetylenes is 1. The van der Waals surface area contributed by atoms with Crippen LogP contribution in [0.3, 0.4) is 0 Å². The first-order chi connectivity index (χ1) is 18.2. The summed E-state index contributed by atoms with van der Waals surface area (Å²) >= 11 is 0. The summed E-state index contributed by atoms with van der Waals surface area (Å²) < 4.78 is 12.8. The lowest BCUT2D eigenvalue weighted by molar-refractivity contribution is 0.262. The van der Waals surface area contributed by atoms with Crippen LogP contribution in [-0.4, -0.2) is 37.7 Å². The Hall–Kier alpha value is -5.15. The number of nitrogens with zero attached hydrogens (tertiary/aromatic N) is 7. The van der Waals surface area contributed by atoms with E-state index in [2.05, 4.69) is 32.0 Å². The topological polar surface area (TPSA) is 105 Å². The molecule has 6 heterocycles. The Labute approximate surface area is 213 Å². The maximum absolute atomic E-state index is 9.62. The van der Waals surface area contributed by atoms with Crippen molar-refractivity contribution in [2.45, 2.75) is 13.0 Å². The minimum atomic E-state index is 0.182. The maximum atomic E-state index is 9.62. The molecule has 1 aliphatic rings. The van der Waals surface area contributed by atoms with Gasteiger partial charge in [-0.1, -0.05) is 12.0 Å². The zero-order chi connectivity index (χ0) is 25.2. The molecule has 9 nitrogen and oxygen atoms in total. The van der Waals surface area contributed by atoms with E-state index >= 15 is 0 Å². The monoisotopic (exact) mass is 487 g/mol. The zero-order valence-electron chi connectivity index (χ0n) is 19.8. The largest absolute Gasteiger partial charge is 0.482 e. The van der Waals surface area contributed by atoms with E-state index in [0.717, 1.165) is 36.5 Å². The molecule has 0 amide bonds. The second kappa shape index (κ2) is 9.48. The van der Waals surface area contributed by atoms with Gasteiger partial charge in [0, 0.05) is 36.6 Å². The summed E-state index contributed by atoms with van der Waals surface area (Å²) in [7, 11) is 0. The maximum Gasteiger partial charge on any atom is 0.232 e. The molecule has 1 fully saturated rings. The highest BCUT2D eigenvalue weighted by Crippen LogP contribution is 2.32. The molecule has 0 saturated carbocycles. The lowest BCUT2D eigenvalue weighted by atomic mass is 9.92. The van der Waals surface area contributed by atoms with Gasteiger partial charge in [-0.3, -0.25) is 0 Å². The molecule has 5 aromatic heterocycles. The van der Waals surface area contributed by atoms with E-state index in [-0.39, 0.29) is 6.61 Å². The van der Waals surface area contributed by atoms with E-state index in [1.165, 1.54) is 11.8 Å². The summed E-state index contributed by atoms with van der Waals surface area (Å²) in [6.07, 6.45) is 16.4. The molecule has 0 bridgehead atoms. The number of aromatic nitrogens is 5. The summed E-state index contributed by atoms with van der Waals surface area (Å²) in [5.74, 6) is 5.06. The smallest absolute Gasteiger partial charge is 0.232 e. The molecule has 0 spiro atoms. The van der Waals surface area contributed by atoms with Crippen molar-refractivity contribution >= 4 is 11.3 Å². The average Bonchev–Trinajstić information content (AvgIpc) is 3.59. The standard InChI is InChI=1S/C28H21N7O2/c1-2-23-5-3-19(12-31-23)9-20-15-34(16-20)26-6-4-21(13-32-26)25-10-24(37-18-27-30-7-8-36-27)17-35-28(25)22(11-29)14-33-35/h1,3-8,10,12-14,17,20H,9,15-16,18H2. The first-order valence-electron chi connectivity index (χ1n) is 11.8. The molecule has 9 heteroatoms. The number of ether oxygens (including phenoxy) is 1. The van der Waals surface area contributed by atoms with Gasteiger partial charge in [-0.2, -0.15) is 10.4 Å². The Morgan fingerprint density at radius 2 is 2.03 bits per heavy atom. The summed E-state index contributed by atoms with van der Waals surface area (Å²) in [6.45, 7) is 2.04. The minimum absolute atomic E-state index is 0.182. The molecule has 5 aromatic rings. The first kappa shape index (κ1) is 22.3. The van der Waals surface area contributed by atoms with E-state index in [0.29, 0.717) is 34.3 Å². The minimum Gasteiger partial charge on any atom is -0.482 e. The normalized spacial score (nSPS) is 13.2. The van der Waals surface area contributed by atoms with Crippen molar-refractivity contribution in [1.29, 1.82) is 5.26 Å². The summed E-state index contributed by atoms with van der Waals surface area (Å²) in [6, 6.07) is 12.1. The van der Waals surface area contributed by atoms with Gasteiger partial charge in [0.2, 0.25) is 5.89 Å². The van der Waals surface area contributed by atoms with Crippen molar-refractivity contribution in [3.05, 3.63) is 90.3 Å². The van der Waals surface area contributed by atoms with Crippen LogP contribution in [-0.2, 0) is 13.0 Å². The molecule has 0 aromatic carbocycles. The predicted molar refractivity (Wildman–Crippen MR) is 136 cm³/mol. The van der Waals surface area contributed by atoms with E-state index < -0.39 is 0 Å². The van der Waals surface area contributed by atoms with Crippen LogP contribution < -0.4 is 9.64 Å². The summed E-state index contributed by atoms with van der Waals surface area (Å²) in [4.78, 5) is 15.3. The van der Waals surface area contributed by atoms with Crippen molar-refractivity contribution < 1.29 is 9.15 Å². The molecule has 0 unspecified atom stereocenters. The van der Waals surface area contributed by atoms with E-state index in [1.807, 2.05) is 42.7 Å². The Balaban J connectivity index is 1.19. The highest BCUT2D eigenvalue weighted by Gasteiger charge is 2.28. The molecule has 37 heavy (non-hydrogen) atoms. The number of anilines is 1. The number of oxazole rings is 1. The predicted octanol–water partition coefficient (Wildman–Crippen LogP) is 3.89. The average molecular weight is 488 g/mol. The fourth-order valence-electron chi connectivity index (χ4n) is 4.53. The van der Waals surface area contributed by atoms with Crippen molar-refractivity contribution in [3.8, 4) is 35.3 Å². The number of pyridine rings is 3. The highest BCUT2D eigenvalue weighted by molar-refractivity contribution is 5.85. The third-order valence-electron chi connectivity index (χ3n) is 6.39. The van der Waals surface area contributed by atoms with Gasteiger partial charge < -0.3 is 14.1 Å². The van der Waals surface area contributed by atoms with Crippen molar-refractivity contribution in [3.63, 3.8) is 0 Å². The van der Waals surface area contributed by atoms with E-state index in [9.17, 15) is 5.26 Å². The van der Waals surface area contributed by atoms with Gasteiger partial charge in [0.25, 0.3) is 0 Å². The van der Waals surface area contributed by atoms with Gasteiger partial charge in [-0.05, 0) is 42.2 Å². The Morgan fingerprint density at radius 3 is 2.73 bits per heavy atom. The molecular formula is C28H21N7O2. The third-order valence-corrected chi connectivity index (χ3v) is 6.39. The second-order valence-electron chi connectivity index (χ2n) is 8.84. The molecule has 180 valence electrons. The zero-order valence-corrected chi connectivity index (χ0v) is 19.8. The van der Waals surface area contributed by atoms with Crippen molar-refractivity contribution in [2.75, 3.05) is 18.0 Å². The SMILES string of the molecule is C#Cc1ccc(CC2CN(c3ccc(-c4cc(OCc5ncco5)cn5ncc(C#N)c45)cn3)C2)cn1. The van der Waals surface area contributed by atoms with E-state index in [4.69, 9.17) is 20.6 Å². The van der Waals surface area contributed by atoms with Gasteiger partial charge in [0.1, 0.15) is 29.6 Å². The fourth-order valence-corrected chi connectivity index (χ4v) is 4.53. The van der Waals surface area contributed by atoms with Crippen LogP contribution >= 0.6 is 0 Å². The van der Waals surface area contributed by atoms with Gasteiger partial charge >= 0.3 is 0 Å². The fraction of sp³-hybridized carbons (Fsp3) is 0.179. The second-order valence-corrected chi connectivity index (χ2v) is 8.84. The number of fused-ring (bicyclic) bond motifs is 1. The third kappa shape index (κ3) is 4.46. The Morgan fingerprint density at radius 1 is 1.11 bits per heavy atom. The van der Waals surface area contributed by atoms with Gasteiger partial charge in [0.15, 0.2) is 6.61 Å². The van der Waals surface area contributed by atoms with Crippen LogP contribution in [0.25, 0.3) is 16.6 Å². The Kier molecular flexibility index (Phi) is 5.72. The van der Waals surface area contributed by atoms with Crippen molar-refractivity contribution in [1.82, 2.24) is 24.6 Å². The summed E-state index contributed by atoms with van der Waals surface area (Å²) in [5.41, 5.74) is 4.70. The number of nitriles is 1. The first-order valence-corrected chi connectivity index (χ1v) is 11.8. The van der Waals surface area contributed by atoms with E-state index in [1.54, 1.807) is 23.1 Å². The quantitative estimate of drug-likeness (QED) is 0.319. The number of rotatable bonds is 7. The number of hydrogen-bond acceptors (Lipinski definition) is 8. The molecule has 0 atom stereocenters. The van der Waals surface area contributed by atoms with Crippen LogP contribution in [0.15, 0.2) is 72.0 Å². The van der Waals surface area contributed by atoms with Crippen LogP contribution in [0.5, 0.6) is 5.75 Å². The molecule has 0 N–H and O–H groups in total. The molecular weight excluding hydrogens is 466 g/mol. The molecule has 1 aliphatic heterocycles. The molecule has 1 saturated heterocycles. The molecule has 0 radical (unpaired) electrons. The molecule has 6 rings (SSSR count). The molecule has 0 aliphatic carbocycles. The van der Waals surface area contributed by atoms with Crippen LogP contribution in [0.1, 0.15) is 22.7 Å². The summed E-state index contributed by atoms with van der Waals surface area (Å²) in [5, 5.41) is 14.0. The van der Waals surface area contributed by atoms with Crippen LogP contribution in [0, 0.1) is 29.6 Å².